The summed E-state index contributed by atoms with van der Waals surface area (Å²) in [5.74, 6) is -1.93. The van der Waals surface area contributed by atoms with Gasteiger partial charge in [0.1, 0.15) is 10.8 Å². The highest BCUT2D eigenvalue weighted by Gasteiger charge is 2.28. The van der Waals surface area contributed by atoms with E-state index in [4.69, 9.17) is 16.7 Å². The molecule has 8 heteroatoms. The maximum atomic E-state index is 12.5. The number of aromatic amines is 1. The molecule has 134 valence electrons. The van der Waals surface area contributed by atoms with E-state index in [0.717, 1.165) is 5.56 Å². The lowest BCUT2D eigenvalue weighted by molar-refractivity contribution is -0.148. The van der Waals surface area contributed by atoms with Crippen molar-refractivity contribution in [1.82, 2.24) is 15.3 Å². The number of aliphatic carboxylic acids is 1. The second-order valence-corrected chi connectivity index (χ2v) is 6.22. The van der Waals surface area contributed by atoms with Gasteiger partial charge in [-0.05, 0) is 24.1 Å². The molecule has 0 saturated heterocycles. The Kier molecular flexibility index (Phi) is 5.20. The number of carboxylic acid groups (broad SMARTS) is 1. The number of aliphatic hydroxyl groups is 1. The van der Waals surface area contributed by atoms with Crippen molar-refractivity contribution < 1.29 is 19.8 Å². The molecule has 1 amide bonds. The van der Waals surface area contributed by atoms with Crippen molar-refractivity contribution in [3.05, 3.63) is 65.1 Å². The Balaban J connectivity index is 1.82. The minimum absolute atomic E-state index is 0.174. The molecule has 4 N–H and O–H groups in total. The molecule has 0 aliphatic carbocycles. The quantitative estimate of drug-likeness (QED) is 0.493. The number of amides is 1. The number of nitrogens with zero attached hydrogens (tertiary/aromatic N) is 1. The van der Waals surface area contributed by atoms with Gasteiger partial charge < -0.3 is 20.5 Å². The molecule has 0 saturated carbocycles. The molecular formula is C18H16ClN3O4. The molecule has 3 rings (SSSR count). The van der Waals surface area contributed by atoms with Gasteiger partial charge in [0.2, 0.25) is 0 Å². The molecule has 2 atom stereocenters. The lowest BCUT2D eigenvalue weighted by Crippen LogP contribution is -2.48. The normalized spacial score (nSPS) is 13.3. The van der Waals surface area contributed by atoms with Crippen molar-refractivity contribution in [2.45, 2.75) is 18.6 Å². The SMILES string of the molecule is O=C(N[C@@H](Cc1ccccc1)[C@@H](O)C(=O)O)c1cc2cc(Cl)ncc2[nH]1. The van der Waals surface area contributed by atoms with Crippen molar-refractivity contribution in [3.63, 3.8) is 0 Å². The van der Waals surface area contributed by atoms with Crippen LogP contribution >= 0.6 is 11.6 Å². The first-order valence-electron chi connectivity index (χ1n) is 7.84. The summed E-state index contributed by atoms with van der Waals surface area (Å²) in [5.41, 5.74) is 1.64. The first-order valence-corrected chi connectivity index (χ1v) is 8.22. The Bertz CT molecular complexity index is 942. The number of H-pyrrole nitrogens is 1. The van der Waals surface area contributed by atoms with Gasteiger partial charge in [-0.1, -0.05) is 41.9 Å². The van der Waals surface area contributed by atoms with Crippen LogP contribution in [0.25, 0.3) is 10.9 Å². The van der Waals surface area contributed by atoms with Crippen LogP contribution in [0.15, 0.2) is 48.7 Å². The molecule has 0 bridgehead atoms. The predicted octanol–water partition coefficient (Wildman–Crippen LogP) is 2.00. The van der Waals surface area contributed by atoms with Gasteiger partial charge in [0.15, 0.2) is 6.10 Å². The fraction of sp³-hybridized carbons (Fsp3) is 0.167. The summed E-state index contributed by atoms with van der Waals surface area (Å²) in [5, 5.41) is 22.7. The van der Waals surface area contributed by atoms with Crippen molar-refractivity contribution in [2.24, 2.45) is 0 Å². The van der Waals surface area contributed by atoms with Crippen LogP contribution in [-0.4, -0.2) is 44.2 Å². The molecule has 0 unspecified atom stereocenters. The van der Waals surface area contributed by atoms with Crippen LogP contribution in [0.1, 0.15) is 16.1 Å². The van der Waals surface area contributed by atoms with Gasteiger partial charge in [0, 0.05) is 5.39 Å². The number of hydrogen-bond donors (Lipinski definition) is 4. The van der Waals surface area contributed by atoms with Gasteiger partial charge >= 0.3 is 5.97 Å². The fourth-order valence-electron chi connectivity index (χ4n) is 2.65. The number of rotatable bonds is 6. The lowest BCUT2D eigenvalue weighted by atomic mass is 10.0. The topological polar surface area (TPSA) is 115 Å². The number of nitrogens with one attached hydrogen (secondary N) is 2. The van der Waals surface area contributed by atoms with Gasteiger partial charge in [0.05, 0.1) is 17.8 Å². The summed E-state index contributed by atoms with van der Waals surface area (Å²) in [7, 11) is 0. The number of benzene rings is 1. The molecular weight excluding hydrogens is 358 g/mol. The van der Waals surface area contributed by atoms with Gasteiger partial charge in [-0.25, -0.2) is 9.78 Å². The summed E-state index contributed by atoms with van der Waals surface area (Å²) in [6, 6.07) is 11.2. The van der Waals surface area contributed by atoms with Crippen LogP contribution in [0.5, 0.6) is 0 Å². The van der Waals surface area contributed by atoms with Crippen molar-refractivity contribution in [3.8, 4) is 0 Å². The van der Waals surface area contributed by atoms with E-state index in [1.165, 1.54) is 6.20 Å². The zero-order valence-corrected chi connectivity index (χ0v) is 14.3. The highest BCUT2D eigenvalue weighted by atomic mass is 35.5. The number of carbonyl (C=O) groups excluding carboxylic acids is 1. The Hall–Kier alpha value is -2.90. The molecule has 7 nitrogen and oxygen atoms in total. The minimum atomic E-state index is -1.74. The van der Waals surface area contributed by atoms with Gasteiger partial charge in [-0.15, -0.1) is 0 Å². The molecule has 0 fully saturated rings. The van der Waals surface area contributed by atoms with E-state index in [0.29, 0.717) is 16.1 Å². The smallest absolute Gasteiger partial charge is 0.334 e. The van der Waals surface area contributed by atoms with Gasteiger partial charge in [-0.3, -0.25) is 4.79 Å². The largest absolute Gasteiger partial charge is 0.479 e. The van der Waals surface area contributed by atoms with Crippen LogP contribution in [0.3, 0.4) is 0 Å². The Morgan fingerprint density at radius 1 is 1.23 bits per heavy atom. The summed E-state index contributed by atoms with van der Waals surface area (Å²) in [4.78, 5) is 30.6. The third-order valence-electron chi connectivity index (χ3n) is 3.97. The molecule has 0 aliphatic rings. The van der Waals surface area contributed by atoms with Crippen molar-refractivity contribution >= 4 is 34.4 Å². The van der Waals surface area contributed by atoms with Crippen LogP contribution in [0.2, 0.25) is 5.15 Å². The van der Waals surface area contributed by atoms with Gasteiger partial charge in [-0.2, -0.15) is 0 Å². The summed E-state index contributed by atoms with van der Waals surface area (Å²) >= 11 is 5.83. The average molecular weight is 374 g/mol. The number of aliphatic hydroxyl groups excluding tert-OH is 1. The van der Waals surface area contributed by atoms with Crippen LogP contribution in [-0.2, 0) is 11.2 Å². The average Bonchev–Trinajstić information content (AvgIpc) is 3.04. The second kappa shape index (κ2) is 7.55. The number of aromatic nitrogens is 2. The maximum absolute atomic E-state index is 12.5. The van der Waals surface area contributed by atoms with E-state index in [1.54, 1.807) is 36.4 Å². The zero-order valence-electron chi connectivity index (χ0n) is 13.5. The number of fused-ring (bicyclic) bond motifs is 1. The highest BCUT2D eigenvalue weighted by Crippen LogP contribution is 2.18. The molecule has 2 heterocycles. The Morgan fingerprint density at radius 2 is 1.96 bits per heavy atom. The molecule has 26 heavy (non-hydrogen) atoms. The monoisotopic (exact) mass is 373 g/mol. The van der Waals surface area contributed by atoms with Crippen molar-refractivity contribution in [2.75, 3.05) is 0 Å². The number of halogens is 1. The number of carboxylic acids is 1. The number of carbonyl (C=O) groups is 2. The van der Waals surface area contributed by atoms with Crippen molar-refractivity contribution in [1.29, 1.82) is 0 Å². The van der Waals surface area contributed by atoms with E-state index in [2.05, 4.69) is 15.3 Å². The van der Waals surface area contributed by atoms with E-state index in [9.17, 15) is 14.7 Å². The zero-order chi connectivity index (χ0) is 18.7. The minimum Gasteiger partial charge on any atom is -0.479 e. The summed E-state index contributed by atoms with van der Waals surface area (Å²) in [6.45, 7) is 0. The Morgan fingerprint density at radius 3 is 2.65 bits per heavy atom. The van der Waals surface area contributed by atoms with Crippen LogP contribution < -0.4 is 5.32 Å². The van der Waals surface area contributed by atoms with E-state index in [1.807, 2.05) is 6.07 Å². The molecule has 2 aromatic heterocycles. The molecule has 1 aromatic carbocycles. The first-order chi connectivity index (χ1) is 12.4. The number of hydrogen-bond acceptors (Lipinski definition) is 4. The van der Waals surface area contributed by atoms with E-state index in [-0.39, 0.29) is 12.1 Å². The highest BCUT2D eigenvalue weighted by molar-refractivity contribution is 6.30. The van der Waals surface area contributed by atoms with Gasteiger partial charge in [0.25, 0.3) is 5.91 Å². The molecule has 0 spiro atoms. The summed E-state index contributed by atoms with van der Waals surface area (Å²) < 4.78 is 0. The first kappa shape index (κ1) is 17.9. The molecule has 0 radical (unpaired) electrons. The second-order valence-electron chi connectivity index (χ2n) is 5.83. The molecule has 0 aliphatic heterocycles. The van der Waals surface area contributed by atoms with Crippen LogP contribution in [0.4, 0.5) is 0 Å². The van der Waals surface area contributed by atoms with E-state index < -0.39 is 24.0 Å². The third-order valence-corrected chi connectivity index (χ3v) is 4.17. The third kappa shape index (κ3) is 4.01. The van der Waals surface area contributed by atoms with E-state index >= 15 is 0 Å². The standard InChI is InChI=1S/C18H16ClN3O4/c19-15-8-11-7-13(21-14(11)9-20-15)17(24)22-12(16(23)18(25)26)6-10-4-2-1-3-5-10/h1-5,7-9,12,16,21,23H,6H2,(H,22,24)(H,25,26)/t12-,16+/m0/s1. The fourth-order valence-corrected chi connectivity index (χ4v) is 2.82. The number of pyridine rings is 1. The molecule has 3 aromatic rings. The van der Waals surface area contributed by atoms with Crippen LogP contribution in [0, 0.1) is 0 Å². The maximum Gasteiger partial charge on any atom is 0.334 e. The Labute approximate surface area is 153 Å². The summed E-state index contributed by atoms with van der Waals surface area (Å²) in [6.07, 6.45) is -0.0602. The predicted molar refractivity (Wildman–Crippen MR) is 96.1 cm³/mol. The lowest BCUT2D eigenvalue weighted by Gasteiger charge is -2.21.